The Hall–Kier alpha value is -1.23. The molecule has 0 aliphatic carbocycles. The molecule has 80 valence electrons. The third-order valence-corrected chi connectivity index (χ3v) is 3.52. The second-order valence-electron chi connectivity index (χ2n) is 3.33. The summed E-state index contributed by atoms with van der Waals surface area (Å²) in [5.41, 5.74) is 0.406. The van der Waals surface area contributed by atoms with Gasteiger partial charge in [-0.15, -0.1) is 11.8 Å². The molecule has 15 heavy (non-hydrogen) atoms. The van der Waals surface area contributed by atoms with Gasteiger partial charge in [-0.3, -0.25) is 9.69 Å². The quantitative estimate of drug-likeness (QED) is 0.412. The number of nitrogens with zero attached hydrogens (tertiary/aromatic N) is 1. The van der Waals surface area contributed by atoms with Crippen molar-refractivity contribution in [3.8, 4) is 0 Å². The van der Waals surface area contributed by atoms with Crippen molar-refractivity contribution in [1.29, 1.82) is 0 Å². The number of esters is 1. The van der Waals surface area contributed by atoms with Gasteiger partial charge in [0, 0.05) is 4.91 Å². The van der Waals surface area contributed by atoms with Gasteiger partial charge in [0.15, 0.2) is 0 Å². The van der Waals surface area contributed by atoms with Crippen LogP contribution < -0.4 is 0 Å². The van der Waals surface area contributed by atoms with Gasteiger partial charge < -0.3 is 4.74 Å². The van der Waals surface area contributed by atoms with Gasteiger partial charge in [-0.05, 0) is 6.92 Å². The molecule has 0 radical (unpaired) electrons. The lowest BCUT2D eigenvalue weighted by Gasteiger charge is -2.34. The molecule has 2 rings (SSSR count). The Morgan fingerprint density at radius 2 is 2.53 bits per heavy atom. The van der Waals surface area contributed by atoms with Crippen molar-refractivity contribution in [1.82, 2.24) is 4.90 Å². The molecule has 1 unspecified atom stereocenters. The van der Waals surface area contributed by atoms with Crippen molar-refractivity contribution < 1.29 is 14.3 Å². The number of hydrogen-bond acceptors (Lipinski definition) is 4. The number of carbonyl (C=O) groups is 2. The third kappa shape index (κ3) is 1.56. The lowest BCUT2D eigenvalue weighted by atomic mass is 10.1. The van der Waals surface area contributed by atoms with Crippen molar-refractivity contribution in [3.05, 3.63) is 23.3 Å². The summed E-state index contributed by atoms with van der Waals surface area (Å²) in [6.07, 6.45) is 2.02. The van der Waals surface area contributed by atoms with E-state index in [-0.39, 0.29) is 17.9 Å². The number of fused-ring (bicyclic) bond motifs is 1. The van der Waals surface area contributed by atoms with Crippen molar-refractivity contribution in [2.45, 2.75) is 18.7 Å². The minimum atomic E-state index is -0.435. The molecule has 1 amide bonds. The van der Waals surface area contributed by atoms with Crippen molar-refractivity contribution in [2.75, 3.05) is 6.61 Å². The Morgan fingerprint density at radius 1 is 1.80 bits per heavy atom. The van der Waals surface area contributed by atoms with E-state index in [1.807, 2.05) is 6.92 Å². The fraction of sp³-hybridized carbons (Fsp3) is 0.400. The predicted octanol–water partition coefficient (Wildman–Crippen LogP) is 1.25. The topological polar surface area (TPSA) is 46.6 Å². The van der Waals surface area contributed by atoms with Crippen LogP contribution in [0.15, 0.2) is 23.3 Å². The Balaban J connectivity index is 2.13. The monoisotopic (exact) mass is 225 g/mol. The first-order chi connectivity index (χ1) is 7.15. The molecule has 5 heteroatoms. The second-order valence-corrected chi connectivity index (χ2v) is 4.72. The zero-order valence-corrected chi connectivity index (χ0v) is 9.17. The van der Waals surface area contributed by atoms with Gasteiger partial charge in [-0.25, -0.2) is 4.79 Å². The van der Waals surface area contributed by atoms with Crippen LogP contribution in [-0.4, -0.2) is 28.8 Å². The summed E-state index contributed by atoms with van der Waals surface area (Å²) in [6, 6.07) is 0. The second kappa shape index (κ2) is 3.73. The fourth-order valence-electron chi connectivity index (χ4n) is 1.62. The number of amides is 1. The van der Waals surface area contributed by atoms with E-state index in [4.69, 9.17) is 4.74 Å². The molecule has 0 aromatic heterocycles. The molecule has 0 N–H and O–H groups in total. The molecule has 0 saturated carbocycles. The number of thioether (sulfide) groups is 1. The average molecular weight is 225 g/mol. The molecule has 1 fully saturated rings. The van der Waals surface area contributed by atoms with E-state index in [2.05, 4.69) is 6.58 Å². The van der Waals surface area contributed by atoms with Gasteiger partial charge in [-0.1, -0.05) is 12.7 Å². The number of hydrogen-bond donors (Lipinski definition) is 0. The van der Waals surface area contributed by atoms with E-state index >= 15 is 0 Å². The Bertz CT molecular complexity index is 375. The Labute approximate surface area is 92.0 Å². The lowest BCUT2D eigenvalue weighted by molar-refractivity contribution is -0.148. The molecule has 2 aliphatic rings. The first-order valence-corrected chi connectivity index (χ1v) is 5.50. The van der Waals surface area contributed by atoms with Gasteiger partial charge in [0.05, 0.1) is 11.8 Å². The highest BCUT2D eigenvalue weighted by atomic mass is 32.2. The molecule has 2 heterocycles. The van der Waals surface area contributed by atoms with E-state index < -0.39 is 5.97 Å². The van der Waals surface area contributed by atoms with Gasteiger partial charge in [0.1, 0.15) is 12.3 Å². The van der Waals surface area contributed by atoms with Crippen LogP contribution in [0.25, 0.3) is 0 Å². The van der Waals surface area contributed by atoms with E-state index in [0.29, 0.717) is 12.1 Å². The number of carbonyl (C=O) groups excluding carboxylic acids is 2. The highest BCUT2D eigenvalue weighted by molar-refractivity contribution is 8.04. The van der Waals surface area contributed by atoms with Crippen LogP contribution in [0.2, 0.25) is 0 Å². The molecule has 1 saturated heterocycles. The molecule has 0 bridgehead atoms. The smallest absolute Gasteiger partial charge is 0.356 e. The summed E-state index contributed by atoms with van der Waals surface area (Å²) < 4.78 is 4.92. The van der Waals surface area contributed by atoms with Gasteiger partial charge in [-0.2, -0.15) is 0 Å². The van der Waals surface area contributed by atoms with Crippen LogP contribution in [0.5, 0.6) is 0 Å². The minimum absolute atomic E-state index is 0.00472. The summed E-state index contributed by atoms with van der Waals surface area (Å²) in [7, 11) is 0. The van der Waals surface area contributed by atoms with Gasteiger partial charge in [0.2, 0.25) is 5.91 Å². The fourth-order valence-corrected chi connectivity index (χ4v) is 2.88. The largest absolute Gasteiger partial charge is 0.457 e. The van der Waals surface area contributed by atoms with E-state index in [1.54, 1.807) is 11.8 Å². The first kappa shape index (κ1) is 10.3. The summed E-state index contributed by atoms with van der Waals surface area (Å²) in [5.74, 6) is -0.439. The zero-order valence-electron chi connectivity index (χ0n) is 8.36. The maximum absolute atomic E-state index is 11.6. The Morgan fingerprint density at radius 3 is 3.13 bits per heavy atom. The standard InChI is InChI=1S/C10H11NO3S/c1-3-4-14-10(13)9-6(2)15-8-5-7(12)11(8)9/h3,8H,1,4-5H2,2H3. The van der Waals surface area contributed by atoms with Gasteiger partial charge >= 0.3 is 5.97 Å². The van der Waals surface area contributed by atoms with Crippen LogP contribution in [0.4, 0.5) is 0 Å². The molecule has 2 aliphatic heterocycles. The molecule has 0 aromatic carbocycles. The van der Waals surface area contributed by atoms with Gasteiger partial charge in [0.25, 0.3) is 0 Å². The van der Waals surface area contributed by atoms with Crippen LogP contribution >= 0.6 is 11.8 Å². The predicted molar refractivity (Wildman–Crippen MR) is 56.7 cm³/mol. The molecule has 1 atom stereocenters. The third-order valence-electron chi connectivity index (χ3n) is 2.32. The minimum Gasteiger partial charge on any atom is -0.457 e. The molecular formula is C10H11NO3S. The van der Waals surface area contributed by atoms with Crippen molar-refractivity contribution >= 4 is 23.6 Å². The zero-order chi connectivity index (χ0) is 11.0. The number of β-lactam (4-membered cyclic amide) rings is 1. The maximum Gasteiger partial charge on any atom is 0.356 e. The maximum atomic E-state index is 11.6. The van der Waals surface area contributed by atoms with Crippen molar-refractivity contribution in [2.24, 2.45) is 0 Å². The number of allylic oxidation sites excluding steroid dienone is 1. The molecule has 0 spiro atoms. The van der Waals surface area contributed by atoms with E-state index in [0.717, 1.165) is 4.91 Å². The molecular weight excluding hydrogens is 214 g/mol. The highest BCUT2D eigenvalue weighted by Crippen LogP contribution is 2.45. The van der Waals surface area contributed by atoms with Crippen LogP contribution in [-0.2, 0) is 14.3 Å². The lowest BCUT2D eigenvalue weighted by Crippen LogP contribution is -2.48. The van der Waals surface area contributed by atoms with Crippen LogP contribution in [0, 0.1) is 0 Å². The highest BCUT2D eigenvalue weighted by Gasteiger charge is 2.47. The van der Waals surface area contributed by atoms with Crippen LogP contribution in [0.1, 0.15) is 13.3 Å². The summed E-state index contributed by atoms with van der Waals surface area (Å²) in [4.78, 5) is 25.3. The number of rotatable bonds is 3. The molecule has 4 nitrogen and oxygen atoms in total. The summed E-state index contributed by atoms with van der Waals surface area (Å²) in [6.45, 7) is 5.47. The molecule has 0 aromatic rings. The number of ether oxygens (including phenoxy) is 1. The Kier molecular flexibility index (Phi) is 2.56. The van der Waals surface area contributed by atoms with E-state index in [1.165, 1.54) is 11.0 Å². The normalized spacial score (nSPS) is 23.7. The SMILES string of the molecule is C=CCOC(=O)C1=C(C)SC2CC(=O)N12. The van der Waals surface area contributed by atoms with E-state index in [9.17, 15) is 9.59 Å². The van der Waals surface area contributed by atoms with Crippen molar-refractivity contribution in [3.63, 3.8) is 0 Å². The average Bonchev–Trinajstić information content (AvgIpc) is 2.46. The van der Waals surface area contributed by atoms with Crippen LogP contribution in [0.3, 0.4) is 0 Å². The summed E-state index contributed by atoms with van der Waals surface area (Å²) in [5, 5.41) is 0.115. The summed E-state index contributed by atoms with van der Waals surface area (Å²) >= 11 is 1.55. The first-order valence-electron chi connectivity index (χ1n) is 4.62.